The molecule has 0 radical (unpaired) electrons. The molecule has 4 rings (SSSR count). The molecule has 0 bridgehead atoms. The molecule has 1 aliphatic heterocycles. The number of carbonyl (C=O) groups is 2. The third-order valence-electron chi connectivity index (χ3n) is 7.24. The van der Waals surface area contributed by atoms with E-state index in [0.29, 0.717) is 49.0 Å². The number of nitrogens with one attached hydrogen (secondary N) is 1. The van der Waals surface area contributed by atoms with Gasteiger partial charge >= 0.3 is 5.69 Å². The number of hydrogen-bond acceptors (Lipinski definition) is 5. The monoisotopic (exact) mass is 542 g/mol. The van der Waals surface area contributed by atoms with Gasteiger partial charge in [-0.05, 0) is 67.7 Å². The van der Waals surface area contributed by atoms with Gasteiger partial charge in [-0.15, -0.1) is 11.3 Å². The van der Waals surface area contributed by atoms with Crippen LogP contribution in [0.3, 0.4) is 0 Å². The van der Waals surface area contributed by atoms with Gasteiger partial charge in [0.1, 0.15) is 17.1 Å². The zero-order valence-corrected chi connectivity index (χ0v) is 22.6. The zero-order valence-electron chi connectivity index (χ0n) is 21.8. The van der Waals surface area contributed by atoms with Crippen LogP contribution in [0.25, 0.3) is 10.2 Å². The van der Waals surface area contributed by atoms with Crippen LogP contribution in [0.15, 0.2) is 45.3 Å². The first-order valence-corrected chi connectivity index (χ1v) is 14.3. The summed E-state index contributed by atoms with van der Waals surface area (Å²) in [5, 5.41) is 4.59. The van der Waals surface area contributed by atoms with Crippen LogP contribution in [0.1, 0.15) is 63.9 Å². The maximum atomic E-state index is 13.4. The van der Waals surface area contributed by atoms with E-state index in [9.17, 15) is 23.6 Å². The van der Waals surface area contributed by atoms with Crippen LogP contribution in [0.4, 0.5) is 4.39 Å². The largest absolute Gasteiger partial charge is 0.352 e. The minimum Gasteiger partial charge on any atom is -0.352 e. The number of piperidine rings is 1. The first-order chi connectivity index (χ1) is 18.4. The van der Waals surface area contributed by atoms with Crippen molar-refractivity contribution in [2.45, 2.75) is 84.0 Å². The van der Waals surface area contributed by atoms with E-state index in [2.05, 4.69) is 12.2 Å². The number of amides is 2. The number of likely N-dealkylation sites (tertiary alicyclic amines) is 1. The van der Waals surface area contributed by atoms with Crippen molar-refractivity contribution in [3.05, 3.63) is 67.9 Å². The van der Waals surface area contributed by atoms with E-state index in [1.807, 2.05) is 4.90 Å². The summed E-state index contributed by atoms with van der Waals surface area (Å²) in [5.41, 5.74) is 0.544. The van der Waals surface area contributed by atoms with Crippen LogP contribution >= 0.6 is 11.3 Å². The normalized spacial score (nSPS) is 15.6. The van der Waals surface area contributed by atoms with Crippen molar-refractivity contribution in [2.75, 3.05) is 6.54 Å². The van der Waals surface area contributed by atoms with Crippen molar-refractivity contribution < 1.29 is 14.0 Å². The minimum absolute atomic E-state index is 0.0723. The minimum atomic E-state index is -0.462. The fourth-order valence-corrected chi connectivity index (χ4v) is 5.93. The first-order valence-electron chi connectivity index (χ1n) is 13.4. The lowest BCUT2D eigenvalue weighted by Gasteiger charge is -2.35. The Bertz CT molecular complexity index is 1380. The molecule has 0 aliphatic carbocycles. The Balaban J connectivity index is 1.35. The smallest absolute Gasteiger partial charge is 0.332 e. The number of aromatic nitrogens is 2. The molecule has 0 unspecified atom stereocenters. The highest BCUT2D eigenvalue weighted by Gasteiger charge is 2.26. The number of benzene rings is 1. The van der Waals surface area contributed by atoms with Crippen LogP contribution in [0.5, 0.6) is 0 Å². The quantitative estimate of drug-likeness (QED) is 0.370. The summed E-state index contributed by atoms with van der Waals surface area (Å²) in [5.74, 6) is -0.499. The molecule has 8 nitrogen and oxygen atoms in total. The molecule has 1 aromatic carbocycles. The van der Waals surface area contributed by atoms with Crippen molar-refractivity contribution in [3.8, 4) is 0 Å². The van der Waals surface area contributed by atoms with Gasteiger partial charge in [0.25, 0.3) is 5.56 Å². The van der Waals surface area contributed by atoms with Gasteiger partial charge in [0, 0.05) is 32.1 Å². The van der Waals surface area contributed by atoms with Crippen molar-refractivity contribution >= 4 is 33.4 Å². The first kappa shape index (κ1) is 27.8. The lowest BCUT2D eigenvalue weighted by atomic mass is 10.00. The van der Waals surface area contributed by atoms with Crippen molar-refractivity contribution in [1.29, 1.82) is 0 Å². The van der Waals surface area contributed by atoms with Crippen molar-refractivity contribution in [3.63, 3.8) is 0 Å². The highest BCUT2D eigenvalue weighted by molar-refractivity contribution is 7.17. The van der Waals surface area contributed by atoms with Crippen molar-refractivity contribution in [1.82, 2.24) is 19.4 Å². The van der Waals surface area contributed by atoms with Gasteiger partial charge in [-0.2, -0.15) is 0 Å². The number of hydrogen-bond donors (Lipinski definition) is 1. The summed E-state index contributed by atoms with van der Waals surface area (Å²) in [6, 6.07) is 7.91. The summed E-state index contributed by atoms with van der Waals surface area (Å²) in [7, 11) is 0. The van der Waals surface area contributed by atoms with Crippen LogP contribution in [0, 0.1) is 5.82 Å². The van der Waals surface area contributed by atoms with Gasteiger partial charge in [0.05, 0.1) is 5.52 Å². The lowest BCUT2D eigenvalue weighted by molar-refractivity contribution is -0.135. The summed E-state index contributed by atoms with van der Waals surface area (Å²) >= 11 is 1.28. The number of carbonyl (C=O) groups excluding carboxylic acids is 2. The number of nitrogens with zero attached hydrogens (tertiary/aromatic N) is 3. The van der Waals surface area contributed by atoms with Gasteiger partial charge in [0.15, 0.2) is 0 Å². The third kappa shape index (κ3) is 6.59. The van der Waals surface area contributed by atoms with E-state index in [1.54, 1.807) is 23.6 Å². The Labute approximate surface area is 225 Å². The van der Waals surface area contributed by atoms with Crippen molar-refractivity contribution in [2.24, 2.45) is 0 Å². The maximum Gasteiger partial charge on any atom is 0.332 e. The average molecular weight is 543 g/mol. The summed E-state index contributed by atoms with van der Waals surface area (Å²) in [6.07, 6.45) is 6.12. The molecule has 204 valence electrons. The van der Waals surface area contributed by atoms with Gasteiger partial charge < -0.3 is 10.2 Å². The second kappa shape index (κ2) is 13.0. The average Bonchev–Trinajstić information content (AvgIpc) is 3.42. The van der Waals surface area contributed by atoms with Gasteiger partial charge in [-0.25, -0.2) is 9.18 Å². The highest BCUT2D eigenvalue weighted by Crippen LogP contribution is 2.21. The van der Waals surface area contributed by atoms with E-state index >= 15 is 0 Å². The highest BCUT2D eigenvalue weighted by atomic mass is 32.1. The fourth-order valence-electron chi connectivity index (χ4n) is 5.09. The third-order valence-corrected chi connectivity index (χ3v) is 8.13. The molecular weight excluding hydrogens is 507 g/mol. The Kier molecular flexibility index (Phi) is 9.49. The van der Waals surface area contributed by atoms with Gasteiger partial charge in [0.2, 0.25) is 11.8 Å². The molecule has 1 fully saturated rings. The molecule has 1 saturated heterocycles. The number of halogens is 1. The Morgan fingerprint density at radius 2 is 1.84 bits per heavy atom. The molecule has 38 heavy (non-hydrogen) atoms. The SMILES string of the molecule is CC[C@@H]1CCCCN1C(=O)Cn1c(=O)n(CCCCCC(=O)NCc2ccc(F)cc2)c(=O)c2sccc21. The van der Waals surface area contributed by atoms with E-state index in [1.165, 1.54) is 32.6 Å². The Morgan fingerprint density at radius 3 is 2.61 bits per heavy atom. The number of rotatable bonds is 11. The number of fused-ring (bicyclic) bond motifs is 1. The molecule has 0 saturated carbocycles. The lowest BCUT2D eigenvalue weighted by Crippen LogP contribution is -2.47. The molecular formula is C28H35FN4O4S. The summed E-state index contributed by atoms with van der Waals surface area (Å²) < 4.78 is 16.1. The summed E-state index contributed by atoms with van der Waals surface area (Å²) in [4.78, 5) is 53.6. The fraction of sp³-hybridized carbons (Fsp3) is 0.500. The maximum absolute atomic E-state index is 13.4. The second-order valence-electron chi connectivity index (χ2n) is 9.82. The van der Waals surface area contributed by atoms with Crippen LogP contribution < -0.4 is 16.6 Å². The molecule has 10 heteroatoms. The van der Waals surface area contributed by atoms with Crippen LogP contribution in [0.2, 0.25) is 0 Å². The van der Waals surface area contributed by atoms with Gasteiger partial charge in [-0.1, -0.05) is 25.5 Å². The second-order valence-corrected chi connectivity index (χ2v) is 10.7. The van der Waals surface area contributed by atoms with Gasteiger partial charge in [-0.3, -0.25) is 23.5 Å². The molecule has 1 aliphatic rings. The molecule has 2 amide bonds. The zero-order chi connectivity index (χ0) is 27.1. The molecule has 0 spiro atoms. The van der Waals surface area contributed by atoms with E-state index < -0.39 is 5.69 Å². The standard InChI is InChI=1S/C28H35FN4O4S/c1-2-22-8-5-7-15-31(22)25(35)19-33-23-14-17-38-26(23)27(36)32(28(33)37)16-6-3-4-9-24(34)30-18-20-10-12-21(29)13-11-20/h10-14,17,22H,2-9,15-16,18-19H2,1H3,(H,30,34)/t22-/m1/s1. The predicted molar refractivity (Wildman–Crippen MR) is 147 cm³/mol. The molecule has 3 aromatic rings. The molecule has 1 N–H and O–H groups in total. The van der Waals surface area contributed by atoms with E-state index in [0.717, 1.165) is 31.2 Å². The molecule has 1 atom stereocenters. The van der Waals surface area contributed by atoms with Crippen LogP contribution in [-0.2, 0) is 29.2 Å². The van der Waals surface area contributed by atoms with Crippen LogP contribution in [-0.4, -0.2) is 38.4 Å². The summed E-state index contributed by atoms with van der Waals surface area (Å²) in [6.45, 7) is 3.28. The Morgan fingerprint density at radius 1 is 1.05 bits per heavy atom. The van der Waals surface area contributed by atoms with E-state index in [4.69, 9.17) is 0 Å². The number of unbranched alkanes of at least 4 members (excludes halogenated alkanes) is 2. The van der Waals surface area contributed by atoms with E-state index in [-0.39, 0.29) is 42.3 Å². The topological polar surface area (TPSA) is 93.4 Å². The molecule has 3 heterocycles. The molecule has 2 aromatic heterocycles. The predicted octanol–water partition coefficient (Wildman–Crippen LogP) is 4.03. The number of thiophene rings is 1. The Hall–Kier alpha value is -3.27.